The van der Waals surface area contributed by atoms with Crippen molar-refractivity contribution in [1.29, 1.82) is 0 Å². The van der Waals surface area contributed by atoms with Crippen LogP contribution in [0.2, 0.25) is 5.02 Å². The monoisotopic (exact) mass is 284 g/mol. The van der Waals surface area contributed by atoms with Gasteiger partial charge in [-0.05, 0) is 42.2 Å². The molecule has 0 aliphatic heterocycles. The van der Waals surface area contributed by atoms with Gasteiger partial charge in [-0.25, -0.2) is 0 Å². The molecule has 0 saturated heterocycles. The van der Waals surface area contributed by atoms with Crippen LogP contribution < -0.4 is 0 Å². The molecule has 1 aliphatic carbocycles. The molecule has 1 aromatic rings. The number of benzene rings is 1. The van der Waals surface area contributed by atoms with Gasteiger partial charge in [0.1, 0.15) is 0 Å². The van der Waals surface area contributed by atoms with E-state index in [0.29, 0.717) is 11.3 Å². The van der Waals surface area contributed by atoms with Crippen molar-refractivity contribution in [1.82, 2.24) is 0 Å². The Morgan fingerprint density at radius 1 is 1.28 bits per heavy atom. The van der Waals surface area contributed by atoms with Crippen LogP contribution in [0.3, 0.4) is 0 Å². The lowest BCUT2D eigenvalue weighted by Gasteiger charge is -2.41. The highest BCUT2D eigenvalue weighted by atomic mass is 35.5. The largest absolute Gasteiger partial charge is 0.122 e. The summed E-state index contributed by atoms with van der Waals surface area (Å²) in [6, 6.07) is 8.05. The lowest BCUT2D eigenvalue weighted by atomic mass is 9.67. The third kappa shape index (κ3) is 3.22. The third-order valence-electron chi connectivity index (χ3n) is 4.40. The van der Waals surface area contributed by atoms with Crippen molar-refractivity contribution < 1.29 is 0 Å². The van der Waals surface area contributed by atoms with Gasteiger partial charge < -0.3 is 0 Å². The van der Waals surface area contributed by atoms with E-state index in [-0.39, 0.29) is 5.38 Å². The molecule has 100 valence electrons. The summed E-state index contributed by atoms with van der Waals surface area (Å²) in [5.74, 6) is 0.601. The predicted molar refractivity (Wildman–Crippen MR) is 80.5 cm³/mol. The quantitative estimate of drug-likeness (QED) is 0.624. The lowest BCUT2D eigenvalue weighted by molar-refractivity contribution is 0.133. The number of hydrogen-bond donors (Lipinski definition) is 0. The zero-order chi connectivity index (χ0) is 13.2. The molecule has 0 aromatic heterocycles. The summed E-state index contributed by atoms with van der Waals surface area (Å²) in [6.07, 6.45) is 6.10. The van der Waals surface area contributed by atoms with Crippen molar-refractivity contribution in [3.63, 3.8) is 0 Å². The molecular weight excluding hydrogens is 263 g/mol. The first-order valence-electron chi connectivity index (χ1n) is 6.88. The van der Waals surface area contributed by atoms with E-state index < -0.39 is 0 Å². The summed E-state index contributed by atoms with van der Waals surface area (Å²) in [5.41, 5.74) is 1.55. The van der Waals surface area contributed by atoms with Gasteiger partial charge in [-0.3, -0.25) is 0 Å². The van der Waals surface area contributed by atoms with Crippen molar-refractivity contribution in [2.45, 2.75) is 51.3 Å². The molecule has 0 spiro atoms. The van der Waals surface area contributed by atoms with E-state index in [9.17, 15) is 0 Å². The number of alkyl halides is 1. The van der Waals surface area contributed by atoms with E-state index in [0.717, 1.165) is 11.4 Å². The van der Waals surface area contributed by atoms with Gasteiger partial charge in [0.25, 0.3) is 0 Å². The summed E-state index contributed by atoms with van der Waals surface area (Å²) in [4.78, 5) is 0. The van der Waals surface area contributed by atoms with Gasteiger partial charge in [0.15, 0.2) is 0 Å². The molecule has 2 rings (SSSR count). The van der Waals surface area contributed by atoms with Crippen LogP contribution in [0.1, 0.15) is 45.1 Å². The van der Waals surface area contributed by atoms with E-state index in [2.05, 4.69) is 19.9 Å². The number of halogens is 2. The molecule has 2 heteroatoms. The van der Waals surface area contributed by atoms with E-state index in [1.807, 2.05) is 18.2 Å². The van der Waals surface area contributed by atoms with Crippen LogP contribution in [0.4, 0.5) is 0 Å². The smallest absolute Gasteiger partial charge is 0.0438 e. The zero-order valence-electron chi connectivity index (χ0n) is 11.3. The van der Waals surface area contributed by atoms with Gasteiger partial charge in [0, 0.05) is 10.4 Å². The Labute approximate surface area is 121 Å². The molecular formula is C16H22Cl2. The molecule has 18 heavy (non-hydrogen) atoms. The van der Waals surface area contributed by atoms with Crippen LogP contribution in [0, 0.1) is 11.3 Å². The maximum absolute atomic E-state index is 6.69. The Kier molecular flexibility index (Phi) is 4.61. The normalized spacial score (nSPS) is 24.8. The van der Waals surface area contributed by atoms with Gasteiger partial charge in [-0.15, -0.1) is 11.6 Å². The van der Waals surface area contributed by atoms with Crippen LogP contribution in [0.15, 0.2) is 24.3 Å². The first kappa shape index (κ1) is 14.2. The molecule has 2 unspecified atom stereocenters. The molecule has 1 fully saturated rings. The molecule has 1 aromatic carbocycles. The summed E-state index contributed by atoms with van der Waals surface area (Å²) >= 11 is 12.9. The topological polar surface area (TPSA) is 0 Å². The van der Waals surface area contributed by atoms with Crippen LogP contribution in [-0.2, 0) is 6.42 Å². The second kappa shape index (κ2) is 5.84. The standard InChI is InChI=1S/C16H22Cl2/c1-16(2)10-6-5-8-13(16)15(18)11-12-7-3-4-9-14(12)17/h3-4,7,9,13,15H,5-6,8,10-11H2,1-2H3. The van der Waals surface area contributed by atoms with E-state index in [1.165, 1.54) is 31.2 Å². The van der Waals surface area contributed by atoms with E-state index in [1.54, 1.807) is 0 Å². The third-order valence-corrected chi connectivity index (χ3v) is 5.23. The maximum Gasteiger partial charge on any atom is 0.0438 e. The number of rotatable bonds is 3. The highest BCUT2D eigenvalue weighted by molar-refractivity contribution is 6.31. The summed E-state index contributed by atoms with van der Waals surface area (Å²) in [7, 11) is 0. The van der Waals surface area contributed by atoms with Gasteiger partial charge in [0.2, 0.25) is 0 Å². The minimum absolute atomic E-state index is 0.195. The van der Waals surface area contributed by atoms with Crippen molar-refractivity contribution >= 4 is 23.2 Å². The first-order chi connectivity index (χ1) is 8.50. The number of hydrogen-bond acceptors (Lipinski definition) is 0. The average molecular weight is 285 g/mol. The molecule has 0 bridgehead atoms. The van der Waals surface area contributed by atoms with Crippen molar-refractivity contribution in [3.8, 4) is 0 Å². The lowest BCUT2D eigenvalue weighted by Crippen LogP contribution is -2.35. The fourth-order valence-corrected chi connectivity index (χ4v) is 4.05. The summed E-state index contributed by atoms with van der Waals surface area (Å²) in [5, 5.41) is 1.04. The van der Waals surface area contributed by atoms with Gasteiger partial charge in [-0.2, -0.15) is 0 Å². The Hall–Kier alpha value is -0.200. The fraction of sp³-hybridized carbons (Fsp3) is 0.625. The van der Waals surface area contributed by atoms with E-state index in [4.69, 9.17) is 23.2 Å². The highest BCUT2D eigenvalue weighted by Crippen LogP contribution is 2.44. The van der Waals surface area contributed by atoms with Crippen LogP contribution >= 0.6 is 23.2 Å². The SMILES string of the molecule is CC1(C)CCCCC1C(Cl)Cc1ccccc1Cl. The molecule has 1 saturated carbocycles. The average Bonchev–Trinajstić information content (AvgIpc) is 2.31. The Morgan fingerprint density at radius 2 is 2.00 bits per heavy atom. The molecule has 0 heterocycles. The van der Waals surface area contributed by atoms with Crippen molar-refractivity contribution in [2.24, 2.45) is 11.3 Å². The second-order valence-electron chi connectivity index (χ2n) is 6.15. The molecule has 0 nitrogen and oxygen atoms in total. The second-order valence-corrected chi connectivity index (χ2v) is 7.12. The maximum atomic E-state index is 6.69. The fourth-order valence-electron chi connectivity index (χ4n) is 3.21. The van der Waals surface area contributed by atoms with E-state index >= 15 is 0 Å². The van der Waals surface area contributed by atoms with Crippen molar-refractivity contribution in [3.05, 3.63) is 34.9 Å². The van der Waals surface area contributed by atoms with Gasteiger partial charge >= 0.3 is 0 Å². The zero-order valence-corrected chi connectivity index (χ0v) is 12.8. The van der Waals surface area contributed by atoms with Gasteiger partial charge in [0.05, 0.1) is 0 Å². The Morgan fingerprint density at radius 3 is 2.67 bits per heavy atom. The minimum Gasteiger partial charge on any atom is -0.122 e. The Bertz CT molecular complexity index is 398. The van der Waals surface area contributed by atoms with Gasteiger partial charge in [-0.1, -0.05) is 56.5 Å². The molecule has 0 amide bonds. The minimum atomic E-state index is 0.195. The van der Waals surface area contributed by atoms with Crippen molar-refractivity contribution in [2.75, 3.05) is 0 Å². The van der Waals surface area contributed by atoms with Crippen LogP contribution in [-0.4, -0.2) is 5.38 Å². The molecule has 1 aliphatic rings. The molecule has 2 atom stereocenters. The van der Waals surface area contributed by atoms with Crippen LogP contribution in [0.5, 0.6) is 0 Å². The summed E-state index contributed by atoms with van der Waals surface area (Å²) in [6.45, 7) is 4.72. The predicted octanol–water partition coefficient (Wildman–Crippen LogP) is 5.71. The van der Waals surface area contributed by atoms with Crippen LogP contribution in [0.25, 0.3) is 0 Å². The highest BCUT2D eigenvalue weighted by Gasteiger charge is 2.36. The Balaban J connectivity index is 2.07. The summed E-state index contributed by atoms with van der Waals surface area (Å²) < 4.78 is 0. The molecule has 0 N–H and O–H groups in total. The first-order valence-corrected chi connectivity index (χ1v) is 7.69. The molecule has 0 radical (unpaired) electrons.